The van der Waals surface area contributed by atoms with Crippen molar-refractivity contribution in [3.8, 4) is 17.1 Å². The van der Waals surface area contributed by atoms with Gasteiger partial charge in [-0.2, -0.15) is 5.10 Å². The zero-order valence-electron chi connectivity index (χ0n) is 14.4. The molecule has 1 aromatic heterocycles. The Balaban J connectivity index is 1.41. The smallest absolute Gasteiger partial charge is 0.181 e. The number of aliphatic hydroxyl groups is 1. The van der Waals surface area contributed by atoms with E-state index >= 15 is 0 Å². The van der Waals surface area contributed by atoms with Gasteiger partial charge in [0.05, 0.1) is 13.2 Å². The van der Waals surface area contributed by atoms with Crippen LogP contribution in [-0.2, 0) is 18.4 Å². The first kappa shape index (κ1) is 18.4. The van der Waals surface area contributed by atoms with Gasteiger partial charge in [-0.15, -0.1) is 0 Å². The van der Waals surface area contributed by atoms with Crippen molar-refractivity contribution in [1.29, 1.82) is 0 Å². The van der Waals surface area contributed by atoms with E-state index in [9.17, 15) is 5.11 Å². The zero-order valence-corrected chi connectivity index (χ0v) is 15.1. The first-order valence-electron chi connectivity index (χ1n) is 8.19. The Kier molecular flexibility index (Phi) is 6.22. The summed E-state index contributed by atoms with van der Waals surface area (Å²) in [6, 6.07) is 14.8. The molecule has 0 aliphatic heterocycles. The summed E-state index contributed by atoms with van der Waals surface area (Å²) in [5.41, 5.74) is 1.91. The lowest BCUT2D eigenvalue weighted by Crippen LogP contribution is -2.23. The third-order valence-electron chi connectivity index (χ3n) is 3.65. The van der Waals surface area contributed by atoms with Gasteiger partial charge >= 0.3 is 0 Å². The summed E-state index contributed by atoms with van der Waals surface area (Å²) in [6.07, 6.45) is 0.944. The van der Waals surface area contributed by atoms with E-state index in [1.54, 1.807) is 11.0 Å². The average molecular weight is 374 g/mol. The molecule has 1 N–H and O–H groups in total. The summed E-state index contributed by atoms with van der Waals surface area (Å²) >= 11 is 5.84. The minimum Gasteiger partial charge on any atom is -0.491 e. The van der Waals surface area contributed by atoms with Crippen molar-refractivity contribution < 1.29 is 14.6 Å². The summed E-state index contributed by atoms with van der Waals surface area (Å²) < 4.78 is 12.7. The van der Waals surface area contributed by atoms with Crippen molar-refractivity contribution in [2.75, 3.05) is 13.2 Å². The van der Waals surface area contributed by atoms with Crippen LogP contribution in [0, 0.1) is 0 Å². The highest BCUT2D eigenvalue weighted by molar-refractivity contribution is 6.30. The van der Waals surface area contributed by atoms with Gasteiger partial charge in [-0.25, -0.2) is 4.98 Å². The van der Waals surface area contributed by atoms with E-state index in [0.717, 1.165) is 11.1 Å². The number of halogens is 1. The molecule has 0 saturated carbocycles. The molecule has 26 heavy (non-hydrogen) atoms. The fourth-order valence-electron chi connectivity index (χ4n) is 2.31. The van der Waals surface area contributed by atoms with Crippen molar-refractivity contribution in [3.63, 3.8) is 0 Å². The molecule has 3 aromatic rings. The molecule has 0 amide bonds. The highest BCUT2D eigenvalue weighted by Crippen LogP contribution is 2.19. The molecular weight excluding hydrogens is 354 g/mol. The molecular formula is C19H20ClN3O3. The van der Waals surface area contributed by atoms with Crippen LogP contribution in [-0.4, -0.2) is 39.2 Å². The lowest BCUT2D eigenvalue weighted by Gasteiger charge is -2.13. The Morgan fingerprint density at radius 1 is 1.08 bits per heavy atom. The van der Waals surface area contributed by atoms with Crippen molar-refractivity contribution in [1.82, 2.24) is 14.8 Å². The number of ether oxygens (including phenoxy) is 2. The van der Waals surface area contributed by atoms with E-state index in [2.05, 4.69) is 10.1 Å². The molecule has 136 valence electrons. The highest BCUT2D eigenvalue weighted by Gasteiger charge is 2.07. The van der Waals surface area contributed by atoms with Gasteiger partial charge in [0.1, 0.15) is 24.8 Å². The molecule has 6 nitrogen and oxygen atoms in total. The second kappa shape index (κ2) is 8.80. The lowest BCUT2D eigenvalue weighted by molar-refractivity contribution is 0.00549. The van der Waals surface area contributed by atoms with Crippen LogP contribution in [0.4, 0.5) is 0 Å². The molecule has 0 aliphatic carbocycles. The van der Waals surface area contributed by atoms with E-state index < -0.39 is 6.10 Å². The molecule has 3 rings (SSSR count). The normalized spacial score (nSPS) is 12.1. The number of hydrogen-bond donors (Lipinski definition) is 1. The van der Waals surface area contributed by atoms with Crippen LogP contribution < -0.4 is 4.74 Å². The summed E-state index contributed by atoms with van der Waals surface area (Å²) in [4.78, 5) is 4.20. The van der Waals surface area contributed by atoms with Crippen LogP contribution in [0.1, 0.15) is 5.56 Å². The summed E-state index contributed by atoms with van der Waals surface area (Å²) in [5.74, 6) is 1.33. The highest BCUT2D eigenvalue weighted by atomic mass is 35.5. The summed E-state index contributed by atoms with van der Waals surface area (Å²) in [6.45, 7) is 0.764. The zero-order chi connectivity index (χ0) is 18.4. The Labute approximate surface area is 157 Å². The van der Waals surface area contributed by atoms with Crippen LogP contribution in [0.25, 0.3) is 11.4 Å². The topological polar surface area (TPSA) is 69.4 Å². The van der Waals surface area contributed by atoms with Gasteiger partial charge < -0.3 is 14.6 Å². The van der Waals surface area contributed by atoms with Crippen molar-refractivity contribution >= 4 is 11.6 Å². The second-order valence-electron chi connectivity index (χ2n) is 5.87. The Morgan fingerprint density at radius 3 is 2.46 bits per heavy atom. The summed E-state index contributed by atoms with van der Waals surface area (Å²) in [7, 11) is 1.82. The van der Waals surface area contributed by atoms with Crippen LogP contribution in [0.5, 0.6) is 5.75 Å². The maximum Gasteiger partial charge on any atom is 0.181 e. The second-order valence-corrected chi connectivity index (χ2v) is 6.31. The third kappa shape index (κ3) is 5.29. The Bertz CT molecular complexity index is 819. The fraction of sp³-hybridized carbons (Fsp3) is 0.263. The lowest BCUT2D eigenvalue weighted by atomic mass is 10.2. The first-order valence-corrected chi connectivity index (χ1v) is 8.57. The fourth-order valence-corrected chi connectivity index (χ4v) is 2.43. The van der Waals surface area contributed by atoms with Crippen LogP contribution in [0.15, 0.2) is 54.9 Å². The first-order chi connectivity index (χ1) is 12.6. The standard InChI is InChI=1S/C19H20ClN3O3/c1-23-13-21-19(22-23)15-4-8-18(9-5-15)26-12-17(24)11-25-10-14-2-6-16(20)7-3-14/h2-9,13,17,24H,10-12H2,1H3/t17-/m0/s1. The van der Waals surface area contributed by atoms with E-state index in [1.807, 2.05) is 55.6 Å². The van der Waals surface area contributed by atoms with Crippen molar-refractivity contribution in [2.45, 2.75) is 12.7 Å². The van der Waals surface area contributed by atoms with Gasteiger partial charge in [-0.3, -0.25) is 4.68 Å². The Hall–Kier alpha value is -2.41. The van der Waals surface area contributed by atoms with Gasteiger partial charge in [-0.05, 0) is 42.0 Å². The number of aromatic nitrogens is 3. The average Bonchev–Trinajstić information content (AvgIpc) is 3.08. The number of aryl methyl sites for hydroxylation is 1. The molecule has 0 bridgehead atoms. The van der Waals surface area contributed by atoms with E-state index in [-0.39, 0.29) is 13.2 Å². The number of rotatable bonds is 8. The van der Waals surface area contributed by atoms with E-state index in [0.29, 0.717) is 23.2 Å². The number of benzene rings is 2. The quantitative estimate of drug-likeness (QED) is 0.657. The summed E-state index contributed by atoms with van der Waals surface area (Å²) in [5, 5.41) is 14.9. The van der Waals surface area contributed by atoms with Gasteiger partial charge in [0.2, 0.25) is 0 Å². The molecule has 2 aromatic carbocycles. The molecule has 1 atom stereocenters. The molecule has 1 heterocycles. The largest absolute Gasteiger partial charge is 0.491 e. The van der Waals surface area contributed by atoms with E-state index in [4.69, 9.17) is 21.1 Å². The molecule has 7 heteroatoms. The minimum atomic E-state index is -0.709. The molecule has 0 radical (unpaired) electrons. The number of hydrogen-bond acceptors (Lipinski definition) is 5. The van der Waals surface area contributed by atoms with Gasteiger partial charge in [-0.1, -0.05) is 23.7 Å². The van der Waals surface area contributed by atoms with Crippen LogP contribution in [0.2, 0.25) is 5.02 Å². The van der Waals surface area contributed by atoms with Gasteiger partial charge in [0.25, 0.3) is 0 Å². The van der Waals surface area contributed by atoms with Crippen molar-refractivity contribution in [3.05, 3.63) is 65.4 Å². The van der Waals surface area contributed by atoms with Gasteiger partial charge in [0, 0.05) is 17.6 Å². The minimum absolute atomic E-state index is 0.155. The molecule has 0 spiro atoms. The van der Waals surface area contributed by atoms with Crippen molar-refractivity contribution in [2.24, 2.45) is 7.05 Å². The number of aliphatic hydroxyl groups excluding tert-OH is 1. The monoisotopic (exact) mass is 373 g/mol. The Morgan fingerprint density at radius 2 is 1.81 bits per heavy atom. The predicted molar refractivity (Wildman–Crippen MR) is 99.0 cm³/mol. The molecule has 0 fully saturated rings. The third-order valence-corrected chi connectivity index (χ3v) is 3.90. The van der Waals surface area contributed by atoms with Gasteiger partial charge in [0.15, 0.2) is 5.82 Å². The van der Waals surface area contributed by atoms with E-state index in [1.165, 1.54) is 0 Å². The maximum atomic E-state index is 9.97. The maximum absolute atomic E-state index is 9.97. The molecule has 0 unspecified atom stereocenters. The van der Waals surface area contributed by atoms with Crippen LogP contribution >= 0.6 is 11.6 Å². The van der Waals surface area contributed by atoms with Crippen LogP contribution in [0.3, 0.4) is 0 Å². The number of nitrogens with zero attached hydrogens (tertiary/aromatic N) is 3. The SMILES string of the molecule is Cn1cnc(-c2ccc(OC[C@@H](O)COCc3ccc(Cl)cc3)cc2)n1. The molecule has 0 aliphatic rings. The predicted octanol–water partition coefficient (Wildman–Crippen LogP) is 3.09. The molecule has 0 saturated heterocycles.